The van der Waals surface area contributed by atoms with Crippen molar-refractivity contribution in [2.24, 2.45) is 0 Å². The number of sulfonamides is 1. The normalized spacial score (nSPS) is 11.9. The summed E-state index contributed by atoms with van der Waals surface area (Å²) < 4.78 is 24.7. The average Bonchev–Trinajstić information content (AvgIpc) is 2.02. The fourth-order valence-electron chi connectivity index (χ4n) is 0.921. The molecule has 0 aromatic carbocycles. The van der Waals surface area contributed by atoms with Crippen LogP contribution in [0.3, 0.4) is 0 Å². The van der Waals surface area contributed by atoms with Crippen LogP contribution >= 0.6 is 0 Å². The van der Waals surface area contributed by atoms with E-state index >= 15 is 0 Å². The molecule has 0 aliphatic rings. The van der Waals surface area contributed by atoms with Gasteiger partial charge in [0.1, 0.15) is 0 Å². The molecule has 0 aliphatic heterocycles. The summed E-state index contributed by atoms with van der Waals surface area (Å²) in [5, 5.41) is 3.21. The van der Waals surface area contributed by atoms with Gasteiger partial charge in [-0.1, -0.05) is 19.9 Å². The Morgan fingerprint density at radius 2 is 2.00 bits per heavy atom. The largest absolute Gasteiger partial charge is 0.314 e. The second-order valence-corrected chi connectivity index (χ2v) is 5.28. The van der Waals surface area contributed by atoms with Gasteiger partial charge in [-0.15, -0.1) is 6.58 Å². The summed E-state index contributed by atoms with van der Waals surface area (Å²) in [5.41, 5.74) is 0. The molecule has 0 saturated heterocycles. The van der Waals surface area contributed by atoms with Crippen LogP contribution in [0.4, 0.5) is 0 Å². The van der Waals surface area contributed by atoms with Gasteiger partial charge in [-0.25, -0.2) is 13.1 Å². The van der Waals surface area contributed by atoms with Crippen molar-refractivity contribution in [2.45, 2.75) is 26.3 Å². The lowest BCUT2D eigenvalue weighted by Crippen LogP contribution is -2.30. The van der Waals surface area contributed by atoms with Gasteiger partial charge in [0.2, 0.25) is 10.0 Å². The lowest BCUT2D eigenvalue weighted by atomic mass is 10.3. The molecule has 0 amide bonds. The van der Waals surface area contributed by atoms with Crippen LogP contribution < -0.4 is 10.0 Å². The van der Waals surface area contributed by atoms with E-state index in [4.69, 9.17) is 0 Å². The highest BCUT2D eigenvalue weighted by Crippen LogP contribution is 1.85. The lowest BCUT2D eigenvalue weighted by Gasteiger charge is -2.08. The van der Waals surface area contributed by atoms with E-state index in [2.05, 4.69) is 30.5 Å². The monoisotopic (exact) mass is 220 g/mol. The third-order valence-electron chi connectivity index (χ3n) is 1.57. The predicted molar refractivity (Wildman–Crippen MR) is 59.7 cm³/mol. The molecule has 0 saturated carbocycles. The molecule has 0 rings (SSSR count). The summed E-state index contributed by atoms with van der Waals surface area (Å²) in [6.07, 6.45) is 2.18. The average molecular weight is 220 g/mol. The van der Waals surface area contributed by atoms with Gasteiger partial charge in [-0.2, -0.15) is 0 Å². The summed E-state index contributed by atoms with van der Waals surface area (Å²) in [4.78, 5) is 0. The molecule has 0 aromatic rings. The molecule has 2 N–H and O–H groups in total. The Balaban J connectivity index is 3.49. The standard InChI is InChI=1S/C9H20N2O2S/c1-4-8-14(12,13)11-7-5-6-10-9(2)3/h4,9-11H,1,5-8H2,2-3H3. The van der Waals surface area contributed by atoms with E-state index in [1.54, 1.807) is 0 Å². The van der Waals surface area contributed by atoms with Gasteiger partial charge < -0.3 is 5.32 Å². The maximum atomic E-state index is 11.1. The Hall–Kier alpha value is -0.390. The molecule has 0 spiro atoms. The van der Waals surface area contributed by atoms with Crippen molar-refractivity contribution in [3.05, 3.63) is 12.7 Å². The quantitative estimate of drug-likeness (QED) is 0.462. The Labute approximate surface area is 86.8 Å². The van der Waals surface area contributed by atoms with Crippen molar-refractivity contribution in [3.63, 3.8) is 0 Å². The Kier molecular flexibility index (Phi) is 6.78. The number of rotatable bonds is 8. The Morgan fingerprint density at radius 1 is 1.36 bits per heavy atom. The van der Waals surface area contributed by atoms with E-state index in [1.165, 1.54) is 6.08 Å². The highest BCUT2D eigenvalue weighted by molar-refractivity contribution is 7.89. The van der Waals surface area contributed by atoms with Crippen LogP contribution in [-0.4, -0.2) is 33.3 Å². The van der Waals surface area contributed by atoms with Gasteiger partial charge in [0.15, 0.2) is 0 Å². The molecule has 0 atom stereocenters. The van der Waals surface area contributed by atoms with Crippen molar-refractivity contribution in [1.82, 2.24) is 10.0 Å². The third kappa shape index (κ3) is 8.22. The van der Waals surface area contributed by atoms with Gasteiger partial charge >= 0.3 is 0 Å². The molecule has 0 radical (unpaired) electrons. The van der Waals surface area contributed by atoms with Crippen molar-refractivity contribution < 1.29 is 8.42 Å². The minimum Gasteiger partial charge on any atom is -0.314 e. The van der Waals surface area contributed by atoms with E-state index in [-0.39, 0.29) is 5.75 Å². The zero-order chi connectivity index (χ0) is 11.0. The van der Waals surface area contributed by atoms with E-state index in [1.807, 2.05) is 0 Å². The van der Waals surface area contributed by atoms with Crippen molar-refractivity contribution in [2.75, 3.05) is 18.8 Å². The summed E-state index contributed by atoms with van der Waals surface area (Å²) >= 11 is 0. The first-order valence-corrected chi connectivity index (χ1v) is 6.45. The first-order valence-electron chi connectivity index (χ1n) is 4.79. The van der Waals surface area contributed by atoms with E-state index in [0.29, 0.717) is 12.6 Å². The Morgan fingerprint density at radius 3 is 2.50 bits per heavy atom. The molecule has 0 aromatic heterocycles. The van der Waals surface area contributed by atoms with Crippen LogP contribution in [0.2, 0.25) is 0 Å². The second-order valence-electron chi connectivity index (χ2n) is 3.43. The lowest BCUT2D eigenvalue weighted by molar-refractivity contribution is 0.556. The van der Waals surface area contributed by atoms with Crippen LogP contribution in [0.25, 0.3) is 0 Å². The van der Waals surface area contributed by atoms with Crippen LogP contribution in [-0.2, 0) is 10.0 Å². The van der Waals surface area contributed by atoms with E-state index in [0.717, 1.165) is 13.0 Å². The summed E-state index contributed by atoms with van der Waals surface area (Å²) in [6, 6.07) is 0.444. The van der Waals surface area contributed by atoms with Crippen molar-refractivity contribution in [3.8, 4) is 0 Å². The second kappa shape index (κ2) is 6.98. The van der Waals surface area contributed by atoms with Crippen LogP contribution in [0.1, 0.15) is 20.3 Å². The van der Waals surface area contributed by atoms with Crippen LogP contribution in [0.5, 0.6) is 0 Å². The molecule has 4 nitrogen and oxygen atoms in total. The molecule has 0 aliphatic carbocycles. The molecule has 0 bridgehead atoms. The van der Waals surface area contributed by atoms with Crippen molar-refractivity contribution in [1.29, 1.82) is 0 Å². The zero-order valence-electron chi connectivity index (χ0n) is 8.91. The predicted octanol–water partition coefficient (Wildman–Crippen LogP) is 0.480. The van der Waals surface area contributed by atoms with E-state index < -0.39 is 10.0 Å². The highest BCUT2D eigenvalue weighted by atomic mass is 32.2. The summed E-state index contributed by atoms with van der Waals surface area (Å²) in [7, 11) is -3.13. The molecule has 5 heteroatoms. The molecule has 84 valence electrons. The smallest absolute Gasteiger partial charge is 0.215 e. The fraction of sp³-hybridized carbons (Fsp3) is 0.778. The first kappa shape index (κ1) is 13.6. The number of nitrogens with one attached hydrogen (secondary N) is 2. The van der Waals surface area contributed by atoms with E-state index in [9.17, 15) is 8.42 Å². The SMILES string of the molecule is C=CCS(=O)(=O)NCCCNC(C)C. The summed E-state index contributed by atoms with van der Waals surface area (Å²) in [6.45, 7) is 8.81. The van der Waals surface area contributed by atoms with Gasteiger partial charge in [0.05, 0.1) is 5.75 Å². The number of hydrogen-bond acceptors (Lipinski definition) is 3. The fourth-order valence-corrected chi connectivity index (χ4v) is 1.80. The molecule has 0 heterocycles. The minimum atomic E-state index is -3.13. The topological polar surface area (TPSA) is 58.2 Å². The van der Waals surface area contributed by atoms with Gasteiger partial charge in [-0.3, -0.25) is 0 Å². The van der Waals surface area contributed by atoms with Gasteiger partial charge in [0, 0.05) is 12.6 Å². The maximum absolute atomic E-state index is 11.1. The maximum Gasteiger partial charge on any atom is 0.215 e. The molecule has 0 unspecified atom stereocenters. The zero-order valence-corrected chi connectivity index (χ0v) is 9.73. The molecule has 14 heavy (non-hydrogen) atoms. The van der Waals surface area contributed by atoms with Crippen LogP contribution in [0, 0.1) is 0 Å². The minimum absolute atomic E-state index is 0.00932. The first-order chi connectivity index (χ1) is 6.48. The van der Waals surface area contributed by atoms with Crippen molar-refractivity contribution >= 4 is 10.0 Å². The Bertz CT molecular complexity index is 248. The van der Waals surface area contributed by atoms with Gasteiger partial charge in [0.25, 0.3) is 0 Å². The molecule has 0 fully saturated rings. The van der Waals surface area contributed by atoms with Crippen LogP contribution in [0.15, 0.2) is 12.7 Å². The third-order valence-corrected chi connectivity index (χ3v) is 2.88. The summed E-state index contributed by atoms with van der Waals surface area (Å²) in [5.74, 6) is -0.00932. The van der Waals surface area contributed by atoms with Gasteiger partial charge in [-0.05, 0) is 13.0 Å². The number of hydrogen-bond donors (Lipinski definition) is 2. The molecular formula is C9H20N2O2S. The molecular weight excluding hydrogens is 200 g/mol. The highest BCUT2D eigenvalue weighted by Gasteiger charge is 2.05.